The summed E-state index contributed by atoms with van der Waals surface area (Å²) in [6, 6.07) is 5.83. The lowest BCUT2D eigenvalue weighted by molar-refractivity contribution is 0.272. The van der Waals surface area contributed by atoms with Gasteiger partial charge in [0.05, 0.1) is 19.4 Å². The molecule has 0 fully saturated rings. The van der Waals surface area contributed by atoms with E-state index in [4.69, 9.17) is 9.47 Å². The molecule has 0 bridgehead atoms. The van der Waals surface area contributed by atoms with Crippen molar-refractivity contribution in [2.75, 3.05) is 20.3 Å². The Morgan fingerprint density at radius 2 is 2.06 bits per heavy atom. The number of hydrogen-bond acceptors (Lipinski definition) is 4. The zero-order chi connectivity index (χ0) is 13.2. The number of rotatable bonds is 8. The van der Waals surface area contributed by atoms with Crippen LogP contribution in [0.15, 0.2) is 23.3 Å². The van der Waals surface area contributed by atoms with Gasteiger partial charge in [0.2, 0.25) is 0 Å². The second-order valence-electron chi connectivity index (χ2n) is 3.82. The lowest BCUT2D eigenvalue weighted by atomic mass is 10.2. The highest BCUT2D eigenvalue weighted by atomic mass is 16.5. The van der Waals surface area contributed by atoms with Crippen molar-refractivity contribution in [3.8, 4) is 11.5 Å². The molecule has 0 amide bonds. The third kappa shape index (κ3) is 4.65. The molecular weight excluding hydrogens is 228 g/mol. The summed E-state index contributed by atoms with van der Waals surface area (Å²) in [7, 11) is 1.77. The van der Waals surface area contributed by atoms with Gasteiger partial charge in [0.1, 0.15) is 0 Å². The normalized spacial score (nSPS) is 10.6. The number of benzene rings is 1. The van der Waals surface area contributed by atoms with E-state index < -0.39 is 0 Å². The average molecular weight is 250 g/mol. The van der Waals surface area contributed by atoms with Crippen molar-refractivity contribution >= 4 is 6.21 Å². The molecule has 4 heteroatoms. The van der Waals surface area contributed by atoms with E-state index in [1.54, 1.807) is 13.3 Å². The summed E-state index contributed by atoms with van der Waals surface area (Å²) in [5, 5.41) is 3.98. The molecule has 4 nitrogen and oxygen atoms in total. The van der Waals surface area contributed by atoms with E-state index in [0.717, 1.165) is 36.5 Å². The van der Waals surface area contributed by atoms with Crippen LogP contribution in [-0.2, 0) is 0 Å². The molecule has 0 aromatic heterocycles. The second kappa shape index (κ2) is 8.39. The molecule has 0 aliphatic carbocycles. The SMILES string of the molecule is CCCCOc1ccc(/C=N/NC)cc1OCC. The molecule has 0 spiro atoms. The Balaban J connectivity index is 2.79. The molecule has 0 aliphatic rings. The van der Waals surface area contributed by atoms with Crippen LogP contribution in [0, 0.1) is 0 Å². The zero-order valence-corrected chi connectivity index (χ0v) is 11.4. The zero-order valence-electron chi connectivity index (χ0n) is 11.4. The highest BCUT2D eigenvalue weighted by molar-refractivity contribution is 5.80. The maximum atomic E-state index is 5.70. The smallest absolute Gasteiger partial charge is 0.161 e. The highest BCUT2D eigenvalue weighted by Crippen LogP contribution is 2.28. The fraction of sp³-hybridized carbons (Fsp3) is 0.500. The summed E-state index contributed by atoms with van der Waals surface area (Å²) in [6.07, 6.45) is 3.92. The molecule has 0 unspecified atom stereocenters. The summed E-state index contributed by atoms with van der Waals surface area (Å²) >= 11 is 0. The lowest BCUT2D eigenvalue weighted by Crippen LogP contribution is -2.01. The number of hydrogen-bond donors (Lipinski definition) is 1. The van der Waals surface area contributed by atoms with Crippen LogP contribution in [0.1, 0.15) is 32.3 Å². The first kappa shape index (κ1) is 14.4. The minimum atomic E-state index is 0.622. The first-order valence-corrected chi connectivity index (χ1v) is 6.41. The minimum Gasteiger partial charge on any atom is -0.490 e. The average Bonchev–Trinajstić information content (AvgIpc) is 2.39. The highest BCUT2D eigenvalue weighted by Gasteiger charge is 2.05. The van der Waals surface area contributed by atoms with Crippen molar-refractivity contribution in [3.05, 3.63) is 23.8 Å². The van der Waals surface area contributed by atoms with Gasteiger partial charge in [-0.2, -0.15) is 5.10 Å². The van der Waals surface area contributed by atoms with Gasteiger partial charge in [-0.3, -0.25) is 0 Å². The molecule has 18 heavy (non-hydrogen) atoms. The number of hydrazone groups is 1. The van der Waals surface area contributed by atoms with Gasteiger partial charge in [-0.15, -0.1) is 0 Å². The van der Waals surface area contributed by atoms with Crippen molar-refractivity contribution in [2.45, 2.75) is 26.7 Å². The number of unbranched alkanes of at least 4 members (excludes halogenated alkanes) is 1. The maximum Gasteiger partial charge on any atom is 0.161 e. The molecule has 0 saturated carbocycles. The van der Waals surface area contributed by atoms with Gasteiger partial charge < -0.3 is 14.9 Å². The molecule has 100 valence electrons. The van der Waals surface area contributed by atoms with Gasteiger partial charge in [-0.25, -0.2) is 0 Å². The van der Waals surface area contributed by atoms with Gasteiger partial charge in [0.15, 0.2) is 11.5 Å². The fourth-order valence-electron chi connectivity index (χ4n) is 1.46. The van der Waals surface area contributed by atoms with E-state index in [1.807, 2.05) is 25.1 Å². The number of nitrogens with zero attached hydrogens (tertiary/aromatic N) is 1. The molecule has 1 aromatic rings. The third-order valence-electron chi connectivity index (χ3n) is 2.37. The van der Waals surface area contributed by atoms with Crippen LogP contribution >= 0.6 is 0 Å². The van der Waals surface area contributed by atoms with Crippen LogP contribution in [0.4, 0.5) is 0 Å². The Morgan fingerprint density at radius 3 is 2.72 bits per heavy atom. The molecule has 0 heterocycles. The lowest BCUT2D eigenvalue weighted by Gasteiger charge is -2.12. The summed E-state index contributed by atoms with van der Waals surface area (Å²) < 4.78 is 11.3. The molecule has 0 atom stereocenters. The Hall–Kier alpha value is -1.71. The van der Waals surface area contributed by atoms with E-state index in [2.05, 4.69) is 17.5 Å². The quantitative estimate of drug-likeness (QED) is 0.438. The van der Waals surface area contributed by atoms with Crippen LogP contribution in [0.5, 0.6) is 11.5 Å². The number of ether oxygens (including phenoxy) is 2. The molecule has 0 aliphatic heterocycles. The summed E-state index contributed by atoms with van der Waals surface area (Å²) in [4.78, 5) is 0. The monoisotopic (exact) mass is 250 g/mol. The van der Waals surface area contributed by atoms with Crippen LogP contribution in [-0.4, -0.2) is 26.5 Å². The third-order valence-corrected chi connectivity index (χ3v) is 2.37. The van der Waals surface area contributed by atoms with Gasteiger partial charge in [-0.05, 0) is 37.1 Å². The van der Waals surface area contributed by atoms with E-state index in [9.17, 15) is 0 Å². The van der Waals surface area contributed by atoms with Crippen LogP contribution in [0.2, 0.25) is 0 Å². The summed E-state index contributed by atoms with van der Waals surface area (Å²) in [5.74, 6) is 1.57. The number of nitrogens with one attached hydrogen (secondary N) is 1. The topological polar surface area (TPSA) is 42.8 Å². The standard InChI is InChI=1S/C14H22N2O2/c1-4-6-9-18-13-8-7-12(11-16-15-3)10-14(13)17-5-2/h7-8,10-11,15H,4-6,9H2,1-3H3/b16-11+. The molecule has 0 radical (unpaired) electrons. The van der Waals surface area contributed by atoms with Crippen molar-refractivity contribution < 1.29 is 9.47 Å². The molecule has 1 rings (SSSR count). The van der Waals surface area contributed by atoms with Crippen LogP contribution in [0.25, 0.3) is 0 Å². The van der Waals surface area contributed by atoms with E-state index in [1.165, 1.54) is 0 Å². The van der Waals surface area contributed by atoms with E-state index in [0.29, 0.717) is 6.61 Å². The van der Waals surface area contributed by atoms with Crippen LogP contribution < -0.4 is 14.9 Å². The largest absolute Gasteiger partial charge is 0.490 e. The fourth-order valence-corrected chi connectivity index (χ4v) is 1.46. The van der Waals surface area contributed by atoms with Crippen LogP contribution in [0.3, 0.4) is 0 Å². The van der Waals surface area contributed by atoms with Crippen molar-refractivity contribution in [1.82, 2.24) is 5.43 Å². The van der Waals surface area contributed by atoms with E-state index >= 15 is 0 Å². The predicted octanol–water partition coefficient (Wildman–Crippen LogP) is 2.82. The summed E-state index contributed by atoms with van der Waals surface area (Å²) in [5.41, 5.74) is 3.70. The van der Waals surface area contributed by atoms with Gasteiger partial charge in [0, 0.05) is 7.05 Å². The maximum absolute atomic E-state index is 5.70. The molecular formula is C14H22N2O2. The summed E-state index contributed by atoms with van der Waals surface area (Å²) in [6.45, 7) is 5.45. The minimum absolute atomic E-state index is 0.622. The Morgan fingerprint density at radius 1 is 1.22 bits per heavy atom. The van der Waals surface area contributed by atoms with Crippen molar-refractivity contribution in [3.63, 3.8) is 0 Å². The first-order chi connectivity index (χ1) is 8.81. The Kier molecular flexibility index (Phi) is 6.69. The first-order valence-electron chi connectivity index (χ1n) is 6.41. The van der Waals surface area contributed by atoms with Gasteiger partial charge in [0.25, 0.3) is 0 Å². The van der Waals surface area contributed by atoms with E-state index in [-0.39, 0.29) is 0 Å². The molecule has 1 N–H and O–H groups in total. The Labute approximate surface area is 109 Å². The van der Waals surface area contributed by atoms with Gasteiger partial charge >= 0.3 is 0 Å². The predicted molar refractivity (Wildman–Crippen MR) is 74.7 cm³/mol. The molecule has 0 saturated heterocycles. The van der Waals surface area contributed by atoms with Crippen molar-refractivity contribution in [2.24, 2.45) is 5.10 Å². The van der Waals surface area contributed by atoms with Gasteiger partial charge in [-0.1, -0.05) is 13.3 Å². The molecule has 1 aromatic carbocycles. The second-order valence-corrected chi connectivity index (χ2v) is 3.82. The Bertz CT molecular complexity index is 378. The van der Waals surface area contributed by atoms with Crippen molar-refractivity contribution in [1.29, 1.82) is 0 Å².